The third-order valence-corrected chi connectivity index (χ3v) is 2.82. The van der Waals surface area contributed by atoms with Crippen molar-refractivity contribution < 1.29 is 14.2 Å². The molecule has 0 saturated carbocycles. The zero-order chi connectivity index (χ0) is 14.8. The van der Waals surface area contributed by atoms with E-state index in [1.165, 1.54) is 0 Å². The van der Waals surface area contributed by atoms with E-state index in [4.69, 9.17) is 14.2 Å². The Balaban J connectivity index is 2.99. The summed E-state index contributed by atoms with van der Waals surface area (Å²) >= 11 is 0. The molecule has 1 rings (SSSR count). The van der Waals surface area contributed by atoms with Crippen LogP contribution in [0.5, 0.6) is 0 Å². The minimum absolute atomic E-state index is 0.266. The molecule has 0 bridgehead atoms. The van der Waals surface area contributed by atoms with E-state index in [1.54, 1.807) is 6.20 Å². The highest BCUT2D eigenvalue weighted by molar-refractivity contribution is 5.99. The van der Waals surface area contributed by atoms with Crippen molar-refractivity contribution in [3.05, 3.63) is 35.8 Å². The Morgan fingerprint density at radius 3 is 2.35 bits per heavy atom. The zero-order valence-corrected chi connectivity index (χ0v) is 12.9. The van der Waals surface area contributed by atoms with Crippen molar-refractivity contribution in [2.45, 2.75) is 40.4 Å². The molecule has 0 atom stereocenters. The molecule has 112 valence electrons. The van der Waals surface area contributed by atoms with Crippen LogP contribution in [-0.4, -0.2) is 31.8 Å². The Hall–Kier alpha value is -1.39. The topological polar surface area (TPSA) is 40.0 Å². The van der Waals surface area contributed by atoms with Crippen LogP contribution in [-0.2, 0) is 14.2 Å². The lowest BCUT2D eigenvalue weighted by atomic mass is 10.0. The molecule has 0 unspecified atom stereocenters. The van der Waals surface area contributed by atoms with Crippen molar-refractivity contribution >= 4 is 5.71 Å². The molecule has 0 aromatic rings. The summed E-state index contributed by atoms with van der Waals surface area (Å²) < 4.78 is 17.0. The van der Waals surface area contributed by atoms with Gasteiger partial charge in [0.1, 0.15) is 5.76 Å². The van der Waals surface area contributed by atoms with Gasteiger partial charge in [0.25, 0.3) is 0 Å². The van der Waals surface area contributed by atoms with Crippen molar-refractivity contribution in [2.24, 2.45) is 4.99 Å². The molecule has 20 heavy (non-hydrogen) atoms. The molecular formula is C16H25NO3. The predicted molar refractivity (Wildman–Crippen MR) is 81.7 cm³/mol. The van der Waals surface area contributed by atoms with Gasteiger partial charge in [0.2, 0.25) is 0 Å². The third kappa shape index (κ3) is 5.31. The average Bonchev–Trinajstić information content (AvgIpc) is 2.42. The van der Waals surface area contributed by atoms with Gasteiger partial charge >= 0.3 is 0 Å². The molecule has 0 radical (unpaired) electrons. The SMILES string of the molecule is CCOC1=C(CC(OCC)OCC)/C(C)=N/C=C/C=C\1. The van der Waals surface area contributed by atoms with Gasteiger partial charge in [-0.3, -0.25) is 4.99 Å². The predicted octanol–water partition coefficient (Wildman–Crippen LogP) is 3.61. The highest BCUT2D eigenvalue weighted by Gasteiger charge is 2.17. The van der Waals surface area contributed by atoms with Crippen molar-refractivity contribution in [1.29, 1.82) is 0 Å². The van der Waals surface area contributed by atoms with Gasteiger partial charge in [-0.15, -0.1) is 0 Å². The van der Waals surface area contributed by atoms with Crippen molar-refractivity contribution in [2.75, 3.05) is 19.8 Å². The van der Waals surface area contributed by atoms with Crippen LogP contribution in [0.1, 0.15) is 34.1 Å². The number of hydrogen-bond donors (Lipinski definition) is 0. The molecule has 0 aliphatic carbocycles. The number of hydrogen-bond acceptors (Lipinski definition) is 4. The van der Waals surface area contributed by atoms with Gasteiger partial charge in [-0.25, -0.2) is 0 Å². The molecule has 0 N–H and O–H groups in total. The maximum absolute atomic E-state index is 5.73. The highest BCUT2D eigenvalue weighted by atomic mass is 16.7. The number of ether oxygens (including phenoxy) is 3. The fourth-order valence-corrected chi connectivity index (χ4v) is 1.95. The molecule has 0 saturated heterocycles. The van der Waals surface area contributed by atoms with Crippen LogP contribution in [0.15, 0.2) is 40.8 Å². The summed E-state index contributed by atoms with van der Waals surface area (Å²) in [5.41, 5.74) is 1.96. The number of aliphatic imine (C=N–C) groups is 1. The minimum atomic E-state index is -0.266. The summed E-state index contributed by atoms with van der Waals surface area (Å²) in [6.07, 6.45) is 7.93. The Bertz CT molecular complexity index is 402. The van der Waals surface area contributed by atoms with Gasteiger partial charge in [0, 0.05) is 37.1 Å². The first-order valence-electron chi connectivity index (χ1n) is 7.20. The molecule has 4 nitrogen and oxygen atoms in total. The lowest BCUT2D eigenvalue weighted by molar-refractivity contribution is -0.134. The van der Waals surface area contributed by atoms with Gasteiger partial charge in [0.05, 0.1) is 6.61 Å². The Labute approximate surface area is 121 Å². The largest absolute Gasteiger partial charge is 0.494 e. The van der Waals surface area contributed by atoms with E-state index >= 15 is 0 Å². The molecule has 0 aromatic heterocycles. The monoisotopic (exact) mass is 279 g/mol. The lowest BCUT2D eigenvalue weighted by Gasteiger charge is -2.20. The van der Waals surface area contributed by atoms with Crippen molar-refractivity contribution in [1.82, 2.24) is 0 Å². The summed E-state index contributed by atoms with van der Waals surface area (Å²) in [5, 5.41) is 0. The second kappa shape index (κ2) is 9.50. The van der Waals surface area contributed by atoms with E-state index in [0.29, 0.717) is 26.2 Å². The number of allylic oxidation sites excluding steroid dienone is 3. The number of rotatable bonds is 8. The van der Waals surface area contributed by atoms with Gasteiger partial charge in [0.15, 0.2) is 6.29 Å². The van der Waals surface area contributed by atoms with Crippen LogP contribution in [0.4, 0.5) is 0 Å². The molecule has 1 heterocycles. The van der Waals surface area contributed by atoms with E-state index in [2.05, 4.69) is 4.99 Å². The molecule has 1 aliphatic rings. The van der Waals surface area contributed by atoms with Crippen molar-refractivity contribution in [3.8, 4) is 0 Å². The Kier molecular flexibility index (Phi) is 7.92. The Morgan fingerprint density at radius 1 is 1.05 bits per heavy atom. The second-order valence-corrected chi connectivity index (χ2v) is 4.24. The van der Waals surface area contributed by atoms with Crippen LogP contribution in [0.2, 0.25) is 0 Å². The molecule has 0 amide bonds. The lowest BCUT2D eigenvalue weighted by Crippen LogP contribution is -2.21. The van der Waals surface area contributed by atoms with Crippen LogP contribution < -0.4 is 0 Å². The van der Waals surface area contributed by atoms with Gasteiger partial charge in [-0.05, 0) is 39.8 Å². The van der Waals surface area contributed by atoms with Gasteiger partial charge in [-0.1, -0.05) is 6.08 Å². The van der Waals surface area contributed by atoms with E-state index in [1.807, 2.05) is 45.9 Å². The molecule has 0 fully saturated rings. The maximum atomic E-state index is 5.73. The molecular weight excluding hydrogens is 254 g/mol. The summed E-state index contributed by atoms with van der Waals surface area (Å²) in [6.45, 7) is 9.74. The molecule has 0 aromatic carbocycles. The first kappa shape index (κ1) is 16.7. The van der Waals surface area contributed by atoms with E-state index in [0.717, 1.165) is 17.0 Å². The summed E-state index contributed by atoms with van der Waals surface area (Å²) in [7, 11) is 0. The molecule has 4 heteroatoms. The normalized spacial score (nSPS) is 24.8. The Morgan fingerprint density at radius 2 is 1.75 bits per heavy atom. The third-order valence-electron chi connectivity index (χ3n) is 2.82. The van der Waals surface area contributed by atoms with Crippen LogP contribution in [0.25, 0.3) is 0 Å². The summed E-state index contributed by atoms with van der Waals surface area (Å²) in [4.78, 5) is 4.41. The van der Waals surface area contributed by atoms with Crippen LogP contribution in [0.3, 0.4) is 0 Å². The van der Waals surface area contributed by atoms with Crippen molar-refractivity contribution in [3.63, 3.8) is 0 Å². The quantitative estimate of drug-likeness (QED) is 0.637. The summed E-state index contributed by atoms with van der Waals surface area (Å²) in [6, 6.07) is 0. The standard InChI is InChI=1S/C16H25NO3/c1-5-18-15-10-8-9-11-17-13(4)14(15)12-16(19-6-2)20-7-3/h8-11,16H,5-7,12H2,1-4H3/b9-8?,10-8-,11-9+,14-13?,15-10?,15-14+,17-11?,17-13+. The first-order chi connectivity index (χ1) is 9.72. The zero-order valence-electron chi connectivity index (χ0n) is 12.9. The number of nitrogens with zero attached hydrogens (tertiary/aromatic N) is 1. The summed E-state index contributed by atoms with van der Waals surface area (Å²) in [5.74, 6) is 0.836. The second-order valence-electron chi connectivity index (χ2n) is 4.24. The highest BCUT2D eigenvalue weighted by Crippen LogP contribution is 2.20. The molecule has 0 spiro atoms. The fraction of sp³-hybridized carbons (Fsp3) is 0.562. The van der Waals surface area contributed by atoms with Gasteiger partial charge in [-0.2, -0.15) is 0 Å². The fourth-order valence-electron chi connectivity index (χ4n) is 1.95. The smallest absolute Gasteiger partial charge is 0.161 e. The van der Waals surface area contributed by atoms with Gasteiger partial charge < -0.3 is 14.2 Å². The van der Waals surface area contributed by atoms with E-state index < -0.39 is 0 Å². The maximum Gasteiger partial charge on any atom is 0.161 e. The molecule has 1 aliphatic heterocycles. The van der Waals surface area contributed by atoms with Crippen LogP contribution in [0, 0.1) is 0 Å². The first-order valence-corrected chi connectivity index (χ1v) is 7.20. The average molecular weight is 279 g/mol. The van der Waals surface area contributed by atoms with E-state index in [9.17, 15) is 0 Å². The minimum Gasteiger partial charge on any atom is -0.494 e. The van der Waals surface area contributed by atoms with E-state index in [-0.39, 0.29) is 6.29 Å². The van der Waals surface area contributed by atoms with Crippen LogP contribution >= 0.6 is 0 Å².